The van der Waals surface area contributed by atoms with E-state index in [0.717, 1.165) is 28.2 Å². The van der Waals surface area contributed by atoms with E-state index in [0.29, 0.717) is 5.02 Å². The minimum Gasteiger partial charge on any atom is -0.345 e. The largest absolute Gasteiger partial charge is 0.345 e. The van der Waals surface area contributed by atoms with Gasteiger partial charge in [-0.1, -0.05) is 48.0 Å². The van der Waals surface area contributed by atoms with Gasteiger partial charge >= 0.3 is 0 Å². The van der Waals surface area contributed by atoms with Crippen molar-refractivity contribution in [2.45, 2.75) is 18.9 Å². The summed E-state index contributed by atoms with van der Waals surface area (Å²) in [6.07, 6.45) is 2.00. The van der Waals surface area contributed by atoms with Gasteiger partial charge in [0, 0.05) is 9.90 Å². The number of rotatable bonds is 3. The fourth-order valence-corrected chi connectivity index (χ4v) is 4.29. The van der Waals surface area contributed by atoms with Gasteiger partial charge in [0.15, 0.2) is 0 Å². The Morgan fingerprint density at radius 2 is 1.96 bits per heavy atom. The van der Waals surface area contributed by atoms with Crippen molar-refractivity contribution in [3.63, 3.8) is 0 Å². The summed E-state index contributed by atoms with van der Waals surface area (Å²) in [6, 6.07) is 20.0. The van der Waals surface area contributed by atoms with Gasteiger partial charge < -0.3 is 5.32 Å². The predicted molar refractivity (Wildman–Crippen MR) is 99.7 cm³/mol. The maximum atomic E-state index is 12.6. The van der Waals surface area contributed by atoms with E-state index in [1.807, 2.05) is 42.5 Å². The minimum atomic E-state index is -0.00465. The third kappa shape index (κ3) is 2.97. The molecule has 4 heteroatoms. The summed E-state index contributed by atoms with van der Waals surface area (Å²) in [5.41, 5.74) is 3.63. The van der Waals surface area contributed by atoms with Crippen molar-refractivity contribution in [3.8, 4) is 10.4 Å². The van der Waals surface area contributed by atoms with E-state index in [1.54, 1.807) is 0 Å². The molecule has 0 fully saturated rings. The second-order valence-electron chi connectivity index (χ2n) is 5.94. The smallest absolute Gasteiger partial charge is 0.261 e. The fourth-order valence-electron chi connectivity index (χ4n) is 3.19. The highest BCUT2D eigenvalue weighted by molar-refractivity contribution is 7.17. The number of nitrogens with one attached hydrogen (secondary N) is 1. The SMILES string of the molecule is O=C(N[C@H]1CCc2ccccc21)c1ccc(-c2cccc(Cl)c2)s1. The number of aryl methyl sites for hydroxylation is 1. The molecule has 0 radical (unpaired) electrons. The normalized spacial score (nSPS) is 16.0. The first-order valence-electron chi connectivity index (χ1n) is 7.95. The van der Waals surface area contributed by atoms with E-state index in [-0.39, 0.29) is 11.9 Å². The van der Waals surface area contributed by atoms with Gasteiger partial charge in [0.25, 0.3) is 5.91 Å². The van der Waals surface area contributed by atoms with E-state index in [1.165, 1.54) is 22.5 Å². The molecule has 24 heavy (non-hydrogen) atoms. The number of benzene rings is 2. The Morgan fingerprint density at radius 1 is 1.08 bits per heavy atom. The maximum absolute atomic E-state index is 12.6. The molecule has 1 amide bonds. The molecule has 0 saturated carbocycles. The summed E-state index contributed by atoms with van der Waals surface area (Å²) in [5, 5.41) is 3.88. The summed E-state index contributed by atoms with van der Waals surface area (Å²) in [7, 11) is 0. The molecule has 4 rings (SSSR count). The highest BCUT2D eigenvalue weighted by Gasteiger charge is 2.24. The standard InChI is InChI=1S/C20H16ClNOS/c21-15-6-3-5-14(12-15)18-10-11-19(24-18)20(23)22-17-9-8-13-4-1-2-7-16(13)17/h1-7,10-12,17H,8-9H2,(H,22,23)/t17-/m0/s1. The molecule has 1 aliphatic carbocycles. The van der Waals surface area contributed by atoms with Gasteiger partial charge in [-0.3, -0.25) is 4.79 Å². The lowest BCUT2D eigenvalue weighted by atomic mass is 10.1. The van der Waals surface area contributed by atoms with Crippen molar-refractivity contribution >= 4 is 28.8 Å². The first-order chi connectivity index (χ1) is 11.7. The van der Waals surface area contributed by atoms with Crippen LogP contribution in [0.5, 0.6) is 0 Å². The van der Waals surface area contributed by atoms with Gasteiger partial charge in [-0.2, -0.15) is 0 Å². The zero-order valence-corrected chi connectivity index (χ0v) is 14.5. The van der Waals surface area contributed by atoms with E-state index >= 15 is 0 Å². The highest BCUT2D eigenvalue weighted by Crippen LogP contribution is 2.33. The molecule has 1 aliphatic rings. The second kappa shape index (κ2) is 6.42. The summed E-state index contributed by atoms with van der Waals surface area (Å²) in [5.74, 6) is -0.00465. The van der Waals surface area contributed by atoms with Crippen molar-refractivity contribution in [3.05, 3.63) is 81.7 Å². The second-order valence-corrected chi connectivity index (χ2v) is 7.46. The number of thiophene rings is 1. The number of carbonyl (C=O) groups excluding carboxylic acids is 1. The van der Waals surface area contributed by atoms with E-state index < -0.39 is 0 Å². The maximum Gasteiger partial charge on any atom is 0.261 e. The van der Waals surface area contributed by atoms with E-state index in [4.69, 9.17) is 11.6 Å². The van der Waals surface area contributed by atoms with Crippen LogP contribution in [-0.2, 0) is 6.42 Å². The number of hydrogen-bond donors (Lipinski definition) is 1. The molecule has 2 nitrogen and oxygen atoms in total. The average Bonchev–Trinajstić information content (AvgIpc) is 3.23. The van der Waals surface area contributed by atoms with Crippen LogP contribution >= 0.6 is 22.9 Å². The number of hydrogen-bond acceptors (Lipinski definition) is 2. The van der Waals surface area contributed by atoms with Gasteiger partial charge in [-0.25, -0.2) is 0 Å². The third-order valence-electron chi connectivity index (χ3n) is 4.38. The van der Waals surface area contributed by atoms with Crippen LogP contribution in [-0.4, -0.2) is 5.91 Å². The van der Waals surface area contributed by atoms with Crippen molar-refractivity contribution in [1.82, 2.24) is 5.32 Å². The molecule has 0 unspecified atom stereocenters. The fraction of sp³-hybridized carbons (Fsp3) is 0.150. The molecular formula is C20H16ClNOS. The van der Waals surface area contributed by atoms with Gasteiger partial charge in [-0.15, -0.1) is 11.3 Å². The van der Waals surface area contributed by atoms with Gasteiger partial charge in [-0.05, 0) is 53.8 Å². The number of carbonyl (C=O) groups is 1. The summed E-state index contributed by atoms with van der Waals surface area (Å²) in [4.78, 5) is 14.4. The number of fused-ring (bicyclic) bond motifs is 1. The summed E-state index contributed by atoms with van der Waals surface area (Å²) >= 11 is 7.55. The van der Waals surface area contributed by atoms with E-state index in [9.17, 15) is 4.79 Å². The molecule has 3 aromatic rings. The first kappa shape index (κ1) is 15.4. The van der Waals surface area contributed by atoms with E-state index in [2.05, 4.69) is 23.5 Å². The van der Waals surface area contributed by atoms with Crippen molar-refractivity contribution < 1.29 is 4.79 Å². The van der Waals surface area contributed by atoms with Crippen molar-refractivity contribution in [2.24, 2.45) is 0 Å². The Balaban J connectivity index is 1.52. The van der Waals surface area contributed by atoms with Crippen LogP contribution in [0.25, 0.3) is 10.4 Å². The number of halogens is 1. The number of amides is 1. The minimum absolute atomic E-state index is 0.00465. The summed E-state index contributed by atoms with van der Waals surface area (Å²) in [6.45, 7) is 0. The van der Waals surface area contributed by atoms with Crippen LogP contribution in [0.1, 0.15) is 33.3 Å². The molecular weight excluding hydrogens is 338 g/mol. The molecule has 2 aromatic carbocycles. The third-order valence-corrected chi connectivity index (χ3v) is 5.75. The van der Waals surface area contributed by atoms with Crippen LogP contribution < -0.4 is 5.32 Å². The Kier molecular flexibility index (Phi) is 4.13. The summed E-state index contributed by atoms with van der Waals surface area (Å²) < 4.78 is 0. The quantitative estimate of drug-likeness (QED) is 0.663. The van der Waals surface area contributed by atoms with Crippen LogP contribution in [0.15, 0.2) is 60.7 Å². The van der Waals surface area contributed by atoms with Gasteiger partial charge in [0.2, 0.25) is 0 Å². The zero-order chi connectivity index (χ0) is 16.5. The van der Waals surface area contributed by atoms with Crippen LogP contribution in [0.2, 0.25) is 5.02 Å². The highest BCUT2D eigenvalue weighted by atomic mass is 35.5. The Morgan fingerprint density at radius 3 is 2.83 bits per heavy atom. The molecule has 0 bridgehead atoms. The zero-order valence-electron chi connectivity index (χ0n) is 13.0. The first-order valence-corrected chi connectivity index (χ1v) is 9.14. The lowest BCUT2D eigenvalue weighted by Crippen LogP contribution is -2.26. The molecule has 0 aliphatic heterocycles. The van der Waals surface area contributed by atoms with Crippen molar-refractivity contribution in [2.75, 3.05) is 0 Å². The average molecular weight is 354 g/mol. The lowest BCUT2D eigenvalue weighted by molar-refractivity contribution is 0.0941. The molecule has 120 valence electrons. The van der Waals surface area contributed by atoms with Crippen LogP contribution in [0.4, 0.5) is 0 Å². The molecule has 0 spiro atoms. The van der Waals surface area contributed by atoms with Crippen LogP contribution in [0, 0.1) is 0 Å². The Bertz CT molecular complexity index is 902. The molecule has 1 atom stereocenters. The molecule has 0 saturated heterocycles. The Hall–Kier alpha value is -2.10. The molecule has 1 heterocycles. The van der Waals surface area contributed by atoms with Gasteiger partial charge in [0.1, 0.15) is 0 Å². The Labute approximate surface area is 150 Å². The monoisotopic (exact) mass is 353 g/mol. The topological polar surface area (TPSA) is 29.1 Å². The lowest BCUT2D eigenvalue weighted by Gasteiger charge is -2.13. The van der Waals surface area contributed by atoms with Crippen LogP contribution in [0.3, 0.4) is 0 Å². The van der Waals surface area contributed by atoms with Gasteiger partial charge in [0.05, 0.1) is 10.9 Å². The molecule has 1 N–H and O–H groups in total. The van der Waals surface area contributed by atoms with Crippen molar-refractivity contribution in [1.29, 1.82) is 0 Å². The predicted octanol–water partition coefficient (Wildman–Crippen LogP) is 5.49. The molecule has 1 aromatic heterocycles.